The van der Waals surface area contributed by atoms with Crippen molar-refractivity contribution in [1.82, 2.24) is 15.5 Å². The van der Waals surface area contributed by atoms with Crippen molar-refractivity contribution in [3.05, 3.63) is 29.8 Å². The van der Waals surface area contributed by atoms with E-state index in [0.717, 1.165) is 37.8 Å². The molecule has 5 heteroatoms. The number of nitrogens with one attached hydrogen (secondary N) is 2. The second kappa shape index (κ2) is 8.56. The number of benzene rings is 1. The molecule has 5 nitrogen and oxygen atoms in total. The molecule has 0 spiro atoms. The molecule has 0 aromatic heterocycles. The van der Waals surface area contributed by atoms with Gasteiger partial charge in [0.25, 0.3) is 0 Å². The molecule has 0 aliphatic carbocycles. The Balaban J connectivity index is 2.04. The Morgan fingerprint density at radius 1 is 1.32 bits per heavy atom. The zero-order chi connectivity index (χ0) is 18.4. The van der Waals surface area contributed by atoms with Gasteiger partial charge in [0.05, 0.1) is 6.04 Å². The first-order valence-electron chi connectivity index (χ1n) is 9.39. The number of para-hydroxylation sites is 1. The Bertz CT molecular complexity index is 581. The molecular formula is C20H34N4O. The molecule has 0 bridgehead atoms. The zero-order valence-corrected chi connectivity index (χ0v) is 16.6. The Kier molecular flexibility index (Phi) is 6.71. The van der Waals surface area contributed by atoms with Gasteiger partial charge in [0, 0.05) is 31.6 Å². The molecule has 1 aromatic rings. The fourth-order valence-corrected chi connectivity index (χ4v) is 3.51. The lowest BCUT2D eigenvalue weighted by atomic mass is 9.90. The van der Waals surface area contributed by atoms with E-state index < -0.39 is 0 Å². The first-order valence-corrected chi connectivity index (χ1v) is 9.39. The number of aliphatic imine (C=N–C) groups is 1. The highest BCUT2D eigenvalue weighted by atomic mass is 16.5. The lowest BCUT2D eigenvalue weighted by Crippen LogP contribution is -2.48. The summed E-state index contributed by atoms with van der Waals surface area (Å²) in [4.78, 5) is 6.86. The van der Waals surface area contributed by atoms with E-state index in [1.54, 1.807) is 0 Å². The Morgan fingerprint density at radius 3 is 2.64 bits per heavy atom. The van der Waals surface area contributed by atoms with Crippen LogP contribution in [-0.4, -0.2) is 49.2 Å². The van der Waals surface area contributed by atoms with Crippen molar-refractivity contribution in [2.24, 2.45) is 4.99 Å². The SMILES string of the molecule is CCN(CC)C(C)CNC(=NC)NC1CC(C)(C)Oc2ccccc21. The van der Waals surface area contributed by atoms with Crippen LogP contribution in [0.3, 0.4) is 0 Å². The number of fused-ring (bicyclic) bond motifs is 1. The van der Waals surface area contributed by atoms with Crippen LogP contribution in [0.1, 0.15) is 52.6 Å². The van der Waals surface area contributed by atoms with Crippen LogP contribution in [0.15, 0.2) is 29.3 Å². The third kappa shape index (κ3) is 5.11. The monoisotopic (exact) mass is 346 g/mol. The van der Waals surface area contributed by atoms with Crippen LogP contribution in [-0.2, 0) is 0 Å². The molecule has 1 aromatic carbocycles. The predicted molar refractivity (Wildman–Crippen MR) is 105 cm³/mol. The lowest BCUT2D eigenvalue weighted by Gasteiger charge is -2.38. The molecule has 140 valence electrons. The Morgan fingerprint density at radius 2 is 2.00 bits per heavy atom. The summed E-state index contributed by atoms with van der Waals surface area (Å²) in [6.45, 7) is 13.9. The molecule has 2 unspecified atom stereocenters. The van der Waals surface area contributed by atoms with Crippen LogP contribution < -0.4 is 15.4 Å². The van der Waals surface area contributed by atoms with Crippen LogP contribution in [0.25, 0.3) is 0 Å². The minimum atomic E-state index is -0.195. The van der Waals surface area contributed by atoms with E-state index in [2.05, 4.69) is 67.3 Å². The van der Waals surface area contributed by atoms with Gasteiger partial charge in [0.1, 0.15) is 11.4 Å². The van der Waals surface area contributed by atoms with Gasteiger partial charge >= 0.3 is 0 Å². The van der Waals surface area contributed by atoms with Gasteiger partial charge in [-0.05, 0) is 39.9 Å². The van der Waals surface area contributed by atoms with Crippen molar-refractivity contribution in [3.63, 3.8) is 0 Å². The molecule has 25 heavy (non-hydrogen) atoms. The molecule has 0 radical (unpaired) electrons. The molecule has 1 aliphatic heterocycles. The fourth-order valence-electron chi connectivity index (χ4n) is 3.51. The van der Waals surface area contributed by atoms with Gasteiger partial charge in [-0.3, -0.25) is 9.89 Å². The predicted octanol–water partition coefficient (Wildman–Crippen LogP) is 3.18. The fraction of sp³-hybridized carbons (Fsp3) is 0.650. The van der Waals surface area contributed by atoms with Crippen molar-refractivity contribution in [1.29, 1.82) is 0 Å². The minimum Gasteiger partial charge on any atom is -0.487 e. The molecular weight excluding hydrogens is 312 g/mol. The minimum absolute atomic E-state index is 0.190. The van der Waals surface area contributed by atoms with E-state index in [1.165, 1.54) is 5.56 Å². The molecule has 2 rings (SSSR count). The van der Waals surface area contributed by atoms with Gasteiger partial charge in [-0.15, -0.1) is 0 Å². The van der Waals surface area contributed by atoms with Crippen molar-refractivity contribution < 1.29 is 4.74 Å². The van der Waals surface area contributed by atoms with Crippen LogP contribution in [0.5, 0.6) is 5.75 Å². The summed E-state index contributed by atoms with van der Waals surface area (Å²) in [5.41, 5.74) is 1.00. The van der Waals surface area contributed by atoms with Crippen molar-refractivity contribution >= 4 is 5.96 Å². The number of hydrogen-bond acceptors (Lipinski definition) is 3. The van der Waals surface area contributed by atoms with E-state index >= 15 is 0 Å². The molecule has 0 amide bonds. The van der Waals surface area contributed by atoms with Crippen molar-refractivity contribution in [3.8, 4) is 5.75 Å². The molecule has 2 N–H and O–H groups in total. The summed E-state index contributed by atoms with van der Waals surface area (Å²) in [5.74, 6) is 1.81. The highest BCUT2D eigenvalue weighted by molar-refractivity contribution is 5.80. The normalized spacial score (nSPS) is 20.6. The number of guanidine groups is 1. The molecule has 2 atom stereocenters. The second-order valence-corrected chi connectivity index (χ2v) is 7.32. The van der Waals surface area contributed by atoms with Gasteiger partial charge in [0.2, 0.25) is 0 Å². The van der Waals surface area contributed by atoms with Crippen molar-refractivity contribution in [2.75, 3.05) is 26.7 Å². The number of nitrogens with zero attached hydrogens (tertiary/aromatic N) is 2. The first kappa shape index (κ1) is 19.6. The summed E-state index contributed by atoms with van der Waals surface area (Å²) in [6.07, 6.45) is 0.899. The maximum Gasteiger partial charge on any atom is 0.191 e. The average molecular weight is 347 g/mol. The Hall–Kier alpha value is -1.75. The van der Waals surface area contributed by atoms with Gasteiger partial charge in [-0.25, -0.2) is 0 Å². The molecule has 0 saturated carbocycles. The highest BCUT2D eigenvalue weighted by Crippen LogP contribution is 2.39. The highest BCUT2D eigenvalue weighted by Gasteiger charge is 2.34. The summed E-state index contributed by atoms with van der Waals surface area (Å²) in [5, 5.41) is 7.07. The molecule has 0 saturated heterocycles. The van der Waals surface area contributed by atoms with E-state index in [1.807, 2.05) is 19.2 Å². The number of ether oxygens (including phenoxy) is 1. The van der Waals surface area contributed by atoms with Gasteiger partial charge in [0.15, 0.2) is 5.96 Å². The molecule has 0 fully saturated rings. The largest absolute Gasteiger partial charge is 0.487 e. The van der Waals surface area contributed by atoms with Gasteiger partial charge in [-0.1, -0.05) is 32.0 Å². The van der Waals surface area contributed by atoms with Crippen LogP contribution in [0, 0.1) is 0 Å². The maximum absolute atomic E-state index is 6.12. The standard InChI is InChI=1S/C20H34N4O/c1-7-24(8-2)15(3)14-22-19(21-6)23-17-13-20(4,5)25-18-12-10-9-11-16(17)18/h9-12,15,17H,7-8,13-14H2,1-6H3,(H2,21,22,23). The van der Waals surface area contributed by atoms with Crippen LogP contribution in [0.2, 0.25) is 0 Å². The van der Waals surface area contributed by atoms with E-state index in [0.29, 0.717) is 6.04 Å². The van der Waals surface area contributed by atoms with Crippen molar-refractivity contribution in [2.45, 2.75) is 58.7 Å². The number of hydrogen-bond donors (Lipinski definition) is 2. The summed E-state index contributed by atoms with van der Waals surface area (Å²) < 4.78 is 6.12. The third-order valence-electron chi connectivity index (χ3n) is 4.91. The Labute approximate surface area is 152 Å². The molecule has 1 heterocycles. The summed E-state index contributed by atoms with van der Waals surface area (Å²) >= 11 is 0. The molecule has 1 aliphatic rings. The second-order valence-electron chi connectivity index (χ2n) is 7.32. The van der Waals surface area contributed by atoms with Gasteiger partial charge in [-0.2, -0.15) is 0 Å². The van der Waals surface area contributed by atoms with Crippen LogP contribution in [0.4, 0.5) is 0 Å². The number of rotatable bonds is 6. The smallest absolute Gasteiger partial charge is 0.191 e. The lowest BCUT2D eigenvalue weighted by molar-refractivity contribution is 0.0694. The topological polar surface area (TPSA) is 48.9 Å². The summed E-state index contributed by atoms with van der Waals surface area (Å²) in [7, 11) is 1.83. The van der Waals surface area contributed by atoms with E-state index in [-0.39, 0.29) is 11.6 Å². The van der Waals surface area contributed by atoms with Gasteiger partial charge < -0.3 is 15.4 Å². The van der Waals surface area contributed by atoms with Crippen LogP contribution >= 0.6 is 0 Å². The summed E-state index contributed by atoms with van der Waals surface area (Å²) in [6, 6.07) is 8.92. The third-order valence-corrected chi connectivity index (χ3v) is 4.91. The number of likely N-dealkylation sites (N-methyl/N-ethyl adjacent to an activating group) is 1. The van der Waals surface area contributed by atoms with E-state index in [4.69, 9.17) is 4.74 Å². The maximum atomic E-state index is 6.12. The quantitative estimate of drug-likeness (QED) is 0.613. The van der Waals surface area contributed by atoms with E-state index in [9.17, 15) is 0 Å². The zero-order valence-electron chi connectivity index (χ0n) is 16.6. The first-order chi connectivity index (χ1) is 11.9. The average Bonchev–Trinajstić information content (AvgIpc) is 2.58.